The van der Waals surface area contributed by atoms with Crippen LogP contribution in [-0.4, -0.2) is 35.6 Å². The summed E-state index contributed by atoms with van der Waals surface area (Å²) in [5, 5.41) is 12.7. The first-order valence-corrected chi connectivity index (χ1v) is 7.80. The van der Waals surface area contributed by atoms with Gasteiger partial charge in [0, 0.05) is 37.6 Å². The van der Waals surface area contributed by atoms with Crippen LogP contribution in [0.5, 0.6) is 0 Å². The molecule has 1 atom stereocenters. The standard InChI is InChI=1S/C18H20N4O2/c1-12-15(10-13(11-19)21(12)2)17-20-16-7-5-4-6-14(16)18(23)22(17)8-9-24-3/h4-7,10,17,20H,8-9H2,1-3H3. The van der Waals surface area contributed by atoms with Crippen molar-refractivity contribution in [3.8, 4) is 6.07 Å². The number of methoxy groups -OCH3 is 1. The maximum Gasteiger partial charge on any atom is 0.257 e. The fourth-order valence-corrected chi connectivity index (χ4v) is 3.07. The molecule has 24 heavy (non-hydrogen) atoms. The van der Waals surface area contributed by atoms with Crippen molar-refractivity contribution >= 4 is 11.6 Å². The molecule has 0 radical (unpaired) electrons. The molecule has 0 aliphatic carbocycles. The minimum absolute atomic E-state index is 0.0341. The van der Waals surface area contributed by atoms with Crippen molar-refractivity contribution in [1.29, 1.82) is 5.26 Å². The highest BCUT2D eigenvalue weighted by Crippen LogP contribution is 2.34. The molecule has 2 aromatic rings. The summed E-state index contributed by atoms with van der Waals surface area (Å²) in [5.74, 6) is -0.0341. The summed E-state index contributed by atoms with van der Waals surface area (Å²) in [6.45, 7) is 2.87. The lowest BCUT2D eigenvalue weighted by Gasteiger charge is -2.38. The molecular weight excluding hydrogens is 304 g/mol. The molecule has 1 N–H and O–H groups in total. The second-order valence-electron chi connectivity index (χ2n) is 5.82. The Morgan fingerprint density at radius 3 is 2.79 bits per heavy atom. The van der Waals surface area contributed by atoms with Gasteiger partial charge in [0.2, 0.25) is 0 Å². The SMILES string of the molecule is COCCN1C(=O)c2ccccc2NC1c1cc(C#N)n(C)c1C. The molecule has 1 unspecified atom stereocenters. The molecule has 1 amide bonds. The third-order valence-corrected chi connectivity index (χ3v) is 4.54. The van der Waals surface area contributed by atoms with E-state index in [1.54, 1.807) is 12.0 Å². The van der Waals surface area contributed by atoms with E-state index >= 15 is 0 Å². The highest BCUT2D eigenvalue weighted by molar-refractivity contribution is 6.01. The number of anilines is 1. The van der Waals surface area contributed by atoms with Crippen molar-refractivity contribution in [2.45, 2.75) is 13.1 Å². The van der Waals surface area contributed by atoms with Crippen LogP contribution in [0.25, 0.3) is 0 Å². The van der Waals surface area contributed by atoms with Crippen LogP contribution in [-0.2, 0) is 11.8 Å². The Morgan fingerprint density at radius 1 is 1.38 bits per heavy atom. The van der Waals surface area contributed by atoms with E-state index in [-0.39, 0.29) is 12.1 Å². The molecule has 0 spiro atoms. The number of para-hydroxylation sites is 1. The van der Waals surface area contributed by atoms with Crippen molar-refractivity contribution in [3.05, 3.63) is 52.8 Å². The first kappa shape index (κ1) is 16.1. The number of fused-ring (bicyclic) bond motifs is 1. The third-order valence-electron chi connectivity index (χ3n) is 4.54. The van der Waals surface area contributed by atoms with Gasteiger partial charge in [-0.1, -0.05) is 12.1 Å². The van der Waals surface area contributed by atoms with E-state index in [2.05, 4.69) is 11.4 Å². The molecule has 0 saturated carbocycles. The molecule has 1 aliphatic rings. The Labute approximate surface area is 141 Å². The summed E-state index contributed by atoms with van der Waals surface area (Å²) in [6, 6.07) is 11.5. The summed E-state index contributed by atoms with van der Waals surface area (Å²) in [6.07, 6.45) is -0.323. The maximum absolute atomic E-state index is 12.9. The zero-order valence-electron chi connectivity index (χ0n) is 14.0. The fourth-order valence-electron chi connectivity index (χ4n) is 3.07. The van der Waals surface area contributed by atoms with Gasteiger partial charge in [-0.15, -0.1) is 0 Å². The van der Waals surface area contributed by atoms with E-state index in [0.29, 0.717) is 24.4 Å². The van der Waals surface area contributed by atoms with Gasteiger partial charge >= 0.3 is 0 Å². The van der Waals surface area contributed by atoms with Gasteiger partial charge in [-0.25, -0.2) is 0 Å². The molecule has 1 aromatic heterocycles. The predicted molar refractivity (Wildman–Crippen MR) is 90.6 cm³/mol. The number of carbonyl (C=O) groups excluding carboxylic acids is 1. The van der Waals surface area contributed by atoms with Crippen molar-refractivity contribution in [3.63, 3.8) is 0 Å². The molecule has 124 valence electrons. The second kappa shape index (κ2) is 6.38. The van der Waals surface area contributed by atoms with E-state index in [4.69, 9.17) is 4.74 Å². The summed E-state index contributed by atoms with van der Waals surface area (Å²) < 4.78 is 7.01. The number of nitriles is 1. The lowest BCUT2D eigenvalue weighted by Crippen LogP contribution is -2.44. The predicted octanol–water partition coefficient (Wildman–Crippen LogP) is 2.42. The average Bonchev–Trinajstić information content (AvgIpc) is 2.89. The van der Waals surface area contributed by atoms with Gasteiger partial charge in [0.25, 0.3) is 5.91 Å². The number of nitrogens with zero attached hydrogens (tertiary/aromatic N) is 3. The molecule has 1 aliphatic heterocycles. The third kappa shape index (κ3) is 2.53. The Balaban J connectivity index is 2.07. The normalized spacial score (nSPS) is 16.5. The van der Waals surface area contributed by atoms with Crippen LogP contribution >= 0.6 is 0 Å². The van der Waals surface area contributed by atoms with Crippen LogP contribution in [0.1, 0.15) is 33.5 Å². The van der Waals surface area contributed by atoms with Crippen molar-refractivity contribution in [2.24, 2.45) is 7.05 Å². The van der Waals surface area contributed by atoms with E-state index in [9.17, 15) is 10.1 Å². The van der Waals surface area contributed by atoms with Gasteiger partial charge < -0.3 is 19.5 Å². The number of rotatable bonds is 4. The van der Waals surface area contributed by atoms with Crippen molar-refractivity contribution < 1.29 is 9.53 Å². The summed E-state index contributed by atoms with van der Waals surface area (Å²) in [7, 11) is 3.47. The Hall–Kier alpha value is -2.78. The molecule has 1 aromatic carbocycles. The van der Waals surface area contributed by atoms with Gasteiger partial charge in [-0.2, -0.15) is 5.26 Å². The number of ether oxygens (including phenoxy) is 1. The summed E-state index contributed by atoms with van der Waals surface area (Å²) in [5.41, 5.74) is 3.91. The molecule has 0 bridgehead atoms. The molecule has 0 fully saturated rings. The van der Waals surface area contributed by atoms with Crippen molar-refractivity contribution in [1.82, 2.24) is 9.47 Å². The number of hydrogen-bond donors (Lipinski definition) is 1. The smallest absolute Gasteiger partial charge is 0.257 e. The van der Waals surface area contributed by atoms with Crippen LogP contribution < -0.4 is 5.32 Å². The molecule has 0 saturated heterocycles. The molecular formula is C18H20N4O2. The van der Waals surface area contributed by atoms with E-state index in [0.717, 1.165) is 16.9 Å². The first-order chi connectivity index (χ1) is 11.6. The van der Waals surface area contributed by atoms with E-state index in [1.165, 1.54) is 0 Å². The molecule has 2 heterocycles. The highest BCUT2D eigenvalue weighted by atomic mass is 16.5. The Bertz CT molecular complexity index is 819. The Morgan fingerprint density at radius 2 is 2.12 bits per heavy atom. The summed E-state index contributed by atoms with van der Waals surface area (Å²) in [4.78, 5) is 14.7. The van der Waals surface area contributed by atoms with Crippen LogP contribution in [0.4, 0.5) is 5.69 Å². The maximum atomic E-state index is 12.9. The molecule has 3 rings (SSSR count). The quantitative estimate of drug-likeness (QED) is 0.937. The number of benzene rings is 1. The van der Waals surface area contributed by atoms with Crippen LogP contribution in [0.2, 0.25) is 0 Å². The zero-order chi connectivity index (χ0) is 17.3. The number of amides is 1. The number of aromatic nitrogens is 1. The van der Waals surface area contributed by atoms with Gasteiger partial charge in [0.15, 0.2) is 0 Å². The summed E-state index contributed by atoms with van der Waals surface area (Å²) >= 11 is 0. The molecule has 6 nitrogen and oxygen atoms in total. The first-order valence-electron chi connectivity index (χ1n) is 7.80. The minimum Gasteiger partial charge on any atom is -0.383 e. The Kier molecular flexibility index (Phi) is 4.28. The van der Waals surface area contributed by atoms with Gasteiger partial charge in [0.1, 0.15) is 17.9 Å². The number of hydrogen-bond acceptors (Lipinski definition) is 4. The monoisotopic (exact) mass is 324 g/mol. The largest absolute Gasteiger partial charge is 0.383 e. The topological polar surface area (TPSA) is 70.3 Å². The van der Waals surface area contributed by atoms with Gasteiger partial charge in [-0.3, -0.25) is 4.79 Å². The van der Waals surface area contributed by atoms with Crippen LogP contribution in [0.3, 0.4) is 0 Å². The average molecular weight is 324 g/mol. The van der Waals surface area contributed by atoms with E-state index < -0.39 is 0 Å². The molecule has 6 heteroatoms. The lowest BCUT2D eigenvalue weighted by atomic mass is 10.0. The van der Waals surface area contributed by atoms with Crippen LogP contribution in [0, 0.1) is 18.3 Å². The van der Waals surface area contributed by atoms with Gasteiger partial charge in [-0.05, 0) is 25.1 Å². The van der Waals surface area contributed by atoms with Gasteiger partial charge in [0.05, 0.1) is 12.2 Å². The fraction of sp³-hybridized carbons (Fsp3) is 0.333. The number of nitrogens with one attached hydrogen (secondary N) is 1. The lowest BCUT2D eigenvalue weighted by molar-refractivity contribution is 0.0609. The van der Waals surface area contributed by atoms with E-state index in [1.807, 2.05) is 48.9 Å². The zero-order valence-corrected chi connectivity index (χ0v) is 14.0. The number of carbonyl (C=O) groups is 1. The van der Waals surface area contributed by atoms with Crippen molar-refractivity contribution in [2.75, 3.05) is 25.6 Å². The second-order valence-corrected chi connectivity index (χ2v) is 5.82. The highest BCUT2D eigenvalue weighted by Gasteiger charge is 2.34. The van der Waals surface area contributed by atoms with Crippen LogP contribution in [0.15, 0.2) is 30.3 Å². The minimum atomic E-state index is -0.323.